The zero-order valence-electron chi connectivity index (χ0n) is 8.53. The van der Waals surface area contributed by atoms with Gasteiger partial charge in [-0.1, -0.05) is 13.8 Å². The van der Waals surface area contributed by atoms with Crippen LogP contribution in [0.15, 0.2) is 0 Å². The molecule has 0 unspecified atom stereocenters. The second-order valence-electron chi connectivity index (χ2n) is 3.31. The zero-order valence-corrected chi connectivity index (χ0v) is 11.1. The summed E-state index contributed by atoms with van der Waals surface area (Å²) >= 11 is 9.47. The lowest BCUT2D eigenvalue weighted by Crippen LogP contribution is -2.25. The summed E-state index contributed by atoms with van der Waals surface area (Å²) in [6.07, 6.45) is 1.73. The quantitative estimate of drug-likeness (QED) is 0.421. The van der Waals surface area contributed by atoms with Crippen molar-refractivity contribution in [2.75, 3.05) is 0 Å². The molecular weight excluding hydrogens is 224 g/mol. The number of rotatable bonds is 6. The van der Waals surface area contributed by atoms with Gasteiger partial charge in [0, 0.05) is 12.0 Å². The molecule has 0 aliphatic rings. The highest BCUT2D eigenvalue weighted by Gasteiger charge is 2.28. The van der Waals surface area contributed by atoms with Crippen LogP contribution >= 0.6 is 37.6 Å². The molecule has 0 aliphatic heterocycles. The van der Waals surface area contributed by atoms with Gasteiger partial charge in [-0.2, -0.15) is 0 Å². The van der Waals surface area contributed by atoms with Crippen LogP contribution in [-0.4, -0.2) is 9.87 Å². The van der Waals surface area contributed by atoms with Crippen molar-refractivity contribution < 1.29 is 8.37 Å². The van der Waals surface area contributed by atoms with E-state index in [9.17, 15) is 0 Å². The summed E-state index contributed by atoms with van der Waals surface area (Å²) in [5.41, 5.74) is 0. The minimum absolute atomic E-state index is 0.367. The lowest BCUT2D eigenvalue weighted by atomic mass is 10.2. The third-order valence-corrected chi connectivity index (χ3v) is 4.04. The molecule has 0 N–H and O–H groups in total. The van der Waals surface area contributed by atoms with Crippen LogP contribution in [0.2, 0.25) is 0 Å². The first kappa shape index (κ1) is 14.0. The van der Waals surface area contributed by atoms with Gasteiger partial charge in [0.25, 0.3) is 0 Å². The molecule has 5 heteroatoms. The van der Waals surface area contributed by atoms with Crippen LogP contribution in [0.4, 0.5) is 0 Å². The first-order valence-electron chi connectivity index (χ1n) is 4.31. The summed E-state index contributed by atoms with van der Waals surface area (Å²) in [6, 6.07) is 0. The highest BCUT2D eigenvalue weighted by molar-refractivity contribution is 7.96. The van der Waals surface area contributed by atoms with Crippen molar-refractivity contribution in [3.05, 3.63) is 0 Å². The predicted molar refractivity (Wildman–Crippen MR) is 65.1 cm³/mol. The van der Waals surface area contributed by atoms with Crippen LogP contribution in [0.25, 0.3) is 0 Å². The molecule has 0 aromatic heterocycles. The van der Waals surface area contributed by atoms with E-state index in [0.29, 0.717) is 0 Å². The molecule has 0 rings (SSSR count). The molecule has 0 spiro atoms. The van der Waals surface area contributed by atoms with E-state index >= 15 is 0 Å². The summed E-state index contributed by atoms with van der Waals surface area (Å²) in [6.45, 7) is 7.88. The molecule has 0 radical (unpaired) electrons. The molecule has 80 valence electrons. The van der Waals surface area contributed by atoms with E-state index in [0.717, 1.165) is 12.8 Å². The minimum Gasteiger partial charge on any atom is -0.300 e. The summed E-state index contributed by atoms with van der Waals surface area (Å²) < 4.78 is 10.5. The van der Waals surface area contributed by atoms with E-state index in [1.165, 1.54) is 12.0 Å². The van der Waals surface area contributed by atoms with Crippen LogP contribution in [0.3, 0.4) is 0 Å². The summed E-state index contributed by atoms with van der Waals surface area (Å²) in [5.74, 6) is 0. The Hall–Kier alpha value is 0.970. The van der Waals surface area contributed by atoms with Crippen molar-refractivity contribution in [3.8, 4) is 0 Å². The fraction of sp³-hybridized carbons (Fsp3) is 1.00. The van der Waals surface area contributed by atoms with Gasteiger partial charge in [0.05, 0.1) is 0 Å². The van der Waals surface area contributed by atoms with Crippen molar-refractivity contribution >= 4 is 37.6 Å². The molecule has 0 fully saturated rings. The van der Waals surface area contributed by atoms with Gasteiger partial charge in [-0.25, -0.2) is 0 Å². The largest absolute Gasteiger partial charge is 0.300 e. The Kier molecular flexibility index (Phi) is 6.18. The van der Waals surface area contributed by atoms with E-state index in [1.807, 2.05) is 27.7 Å². The fourth-order valence-electron chi connectivity index (χ4n) is 0.561. The van der Waals surface area contributed by atoms with Gasteiger partial charge in [0.1, 0.15) is 9.87 Å². The zero-order chi connectivity index (χ0) is 10.5. The van der Waals surface area contributed by atoms with Crippen molar-refractivity contribution in [2.24, 2.45) is 0 Å². The SMILES string of the molecule is CCC(S)(CC)OSC(C)(C)OS. The maximum Gasteiger partial charge on any atom is 0.147 e. The Bertz CT molecular complexity index is 146. The van der Waals surface area contributed by atoms with Crippen molar-refractivity contribution in [1.82, 2.24) is 0 Å². The Labute approximate surface area is 96.4 Å². The normalized spacial score (nSPS) is 13.4. The lowest BCUT2D eigenvalue weighted by Gasteiger charge is -2.29. The van der Waals surface area contributed by atoms with Gasteiger partial charge in [0.2, 0.25) is 0 Å². The maximum atomic E-state index is 5.59. The molecule has 13 heavy (non-hydrogen) atoms. The average molecular weight is 242 g/mol. The predicted octanol–water partition coefficient (Wildman–Crippen LogP) is 3.69. The van der Waals surface area contributed by atoms with Gasteiger partial charge in [-0.3, -0.25) is 8.37 Å². The topological polar surface area (TPSA) is 18.5 Å². The minimum atomic E-state index is -0.443. The van der Waals surface area contributed by atoms with Gasteiger partial charge in [-0.15, -0.1) is 12.6 Å². The van der Waals surface area contributed by atoms with Crippen LogP contribution in [0, 0.1) is 0 Å². The number of hydrogen-bond donors (Lipinski definition) is 2. The van der Waals surface area contributed by atoms with Gasteiger partial charge >= 0.3 is 0 Å². The Morgan fingerprint density at radius 3 is 2.00 bits per heavy atom. The average Bonchev–Trinajstić information content (AvgIpc) is 2.14. The Balaban J connectivity index is 3.99. The van der Waals surface area contributed by atoms with E-state index in [4.69, 9.17) is 8.37 Å². The molecule has 2 nitrogen and oxygen atoms in total. The third kappa shape index (κ3) is 5.42. The van der Waals surface area contributed by atoms with Crippen LogP contribution in [0.1, 0.15) is 40.5 Å². The Morgan fingerprint density at radius 1 is 1.23 bits per heavy atom. The molecule has 0 heterocycles. The molecule has 0 saturated carbocycles. The monoisotopic (exact) mass is 242 g/mol. The number of hydrogen-bond acceptors (Lipinski definition) is 5. The summed E-state index contributed by atoms with van der Waals surface area (Å²) in [7, 11) is 0. The van der Waals surface area contributed by atoms with Gasteiger partial charge < -0.3 is 0 Å². The second-order valence-corrected chi connectivity index (χ2v) is 5.63. The van der Waals surface area contributed by atoms with Gasteiger partial charge in [-0.05, 0) is 39.6 Å². The fourth-order valence-corrected chi connectivity index (χ4v) is 1.39. The van der Waals surface area contributed by atoms with E-state index in [-0.39, 0.29) is 4.93 Å². The highest BCUT2D eigenvalue weighted by atomic mass is 32.2. The molecular formula is C8H18O2S3. The first-order valence-corrected chi connectivity index (χ1v) is 5.86. The number of thiol groups is 2. The summed E-state index contributed by atoms with van der Waals surface area (Å²) in [4.78, 5) is -0.810. The lowest BCUT2D eigenvalue weighted by molar-refractivity contribution is 0.167. The Morgan fingerprint density at radius 2 is 1.69 bits per heavy atom. The first-order chi connectivity index (χ1) is 5.89. The van der Waals surface area contributed by atoms with E-state index in [1.54, 1.807) is 0 Å². The molecule has 0 amide bonds. The smallest absolute Gasteiger partial charge is 0.147 e. The van der Waals surface area contributed by atoms with E-state index < -0.39 is 4.93 Å². The standard InChI is InChI=1S/C8H18O2S3/c1-5-8(11,6-2)10-13-7(3,4)9-12/h11-12H,5-6H2,1-4H3. The molecule has 0 aliphatic carbocycles. The van der Waals surface area contributed by atoms with Crippen LogP contribution in [-0.2, 0) is 8.37 Å². The molecule has 0 saturated heterocycles. The third-order valence-electron chi connectivity index (χ3n) is 1.72. The summed E-state index contributed by atoms with van der Waals surface area (Å²) in [5, 5.41) is 0. The molecule has 0 bridgehead atoms. The van der Waals surface area contributed by atoms with Crippen molar-refractivity contribution in [3.63, 3.8) is 0 Å². The maximum absolute atomic E-state index is 5.59. The van der Waals surface area contributed by atoms with Gasteiger partial charge in [0.15, 0.2) is 0 Å². The highest BCUT2D eigenvalue weighted by Crippen LogP contribution is 2.36. The molecule has 0 atom stereocenters. The van der Waals surface area contributed by atoms with Crippen molar-refractivity contribution in [1.29, 1.82) is 0 Å². The van der Waals surface area contributed by atoms with Crippen molar-refractivity contribution in [2.45, 2.75) is 50.4 Å². The second kappa shape index (κ2) is 5.75. The van der Waals surface area contributed by atoms with E-state index in [2.05, 4.69) is 25.5 Å². The molecule has 0 aromatic carbocycles. The molecule has 0 aromatic rings. The van der Waals surface area contributed by atoms with Crippen LogP contribution in [0.5, 0.6) is 0 Å². The van der Waals surface area contributed by atoms with Crippen LogP contribution < -0.4 is 0 Å².